The van der Waals surface area contributed by atoms with Crippen molar-refractivity contribution in [3.8, 4) is 0 Å². The third-order valence-corrected chi connectivity index (χ3v) is 3.98. The second-order valence-electron chi connectivity index (χ2n) is 6.11. The normalized spacial score (nSPS) is 23.8. The zero-order valence-corrected chi connectivity index (χ0v) is 13.5. The van der Waals surface area contributed by atoms with E-state index < -0.39 is 41.4 Å². The molecule has 1 unspecified atom stereocenters. The fraction of sp³-hybridized carbons (Fsp3) is 0.562. The molecule has 0 spiro atoms. The van der Waals surface area contributed by atoms with Gasteiger partial charge in [0.15, 0.2) is 17.5 Å². The van der Waals surface area contributed by atoms with Crippen molar-refractivity contribution in [2.24, 2.45) is 5.92 Å². The summed E-state index contributed by atoms with van der Waals surface area (Å²) in [5.74, 6) is -6.02. The van der Waals surface area contributed by atoms with E-state index in [9.17, 15) is 22.4 Å². The Morgan fingerprint density at radius 3 is 2.33 bits per heavy atom. The van der Waals surface area contributed by atoms with E-state index in [1.807, 2.05) is 13.8 Å². The Morgan fingerprint density at radius 1 is 1.08 bits per heavy atom. The summed E-state index contributed by atoms with van der Waals surface area (Å²) in [5.41, 5.74) is -0.725. The lowest BCUT2D eigenvalue weighted by Gasteiger charge is -2.32. The molecule has 1 saturated heterocycles. The summed E-state index contributed by atoms with van der Waals surface area (Å²) in [6, 6.07) is -0.386. The molecule has 1 aliphatic heterocycles. The number of amides is 2. The average Bonchev–Trinajstić information content (AvgIpc) is 2.49. The number of carbonyl (C=O) groups is 1. The Kier molecular flexibility index (Phi) is 6.04. The van der Waals surface area contributed by atoms with Gasteiger partial charge in [-0.2, -0.15) is 0 Å². The second-order valence-corrected chi connectivity index (χ2v) is 6.11. The molecule has 1 aliphatic rings. The van der Waals surface area contributed by atoms with Crippen molar-refractivity contribution in [3.63, 3.8) is 0 Å². The van der Waals surface area contributed by atoms with Gasteiger partial charge in [0.2, 0.25) is 0 Å². The van der Waals surface area contributed by atoms with E-state index in [2.05, 4.69) is 10.6 Å². The standard InChI is InChI=1S/C16H20F4N2O2/c1-8-3-10(4-9(2)24-8)6-21-16(23)22-7-11-12(17)5-13(18)15(20)14(11)19/h5,8-10H,3-4,6-7H2,1-2H3,(H2,21,22,23)/t8-,9+,10?. The minimum absolute atomic E-state index is 0.106. The lowest BCUT2D eigenvalue weighted by molar-refractivity contribution is -0.0511. The Labute approximate surface area is 137 Å². The minimum atomic E-state index is -1.77. The fourth-order valence-corrected chi connectivity index (χ4v) is 2.94. The minimum Gasteiger partial charge on any atom is -0.376 e. The fourth-order valence-electron chi connectivity index (χ4n) is 2.94. The van der Waals surface area contributed by atoms with Gasteiger partial charge in [0.25, 0.3) is 0 Å². The van der Waals surface area contributed by atoms with Gasteiger partial charge in [-0.3, -0.25) is 0 Å². The second kappa shape index (κ2) is 7.83. The van der Waals surface area contributed by atoms with E-state index in [4.69, 9.17) is 4.74 Å². The van der Waals surface area contributed by atoms with Crippen molar-refractivity contribution in [1.29, 1.82) is 0 Å². The van der Waals surface area contributed by atoms with Gasteiger partial charge in [-0.1, -0.05) is 0 Å². The first-order chi connectivity index (χ1) is 11.3. The van der Waals surface area contributed by atoms with Crippen LogP contribution in [0.5, 0.6) is 0 Å². The van der Waals surface area contributed by atoms with Gasteiger partial charge in [0.1, 0.15) is 5.82 Å². The molecule has 1 heterocycles. The number of halogens is 4. The van der Waals surface area contributed by atoms with Crippen molar-refractivity contribution >= 4 is 6.03 Å². The lowest BCUT2D eigenvalue weighted by atomic mass is 9.92. The number of benzene rings is 1. The van der Waals surface area contributed by atoms with Gasteiger partial charge in [-0.05, 0) is 32.6 Å². The van der Waals surface area contributed by atoms with Crippen LogP contribution in [0.3, 0.4) is 0 Å². The first-order valence-corrected chi connectivity index (χ1v) is 7.77. The predicted molar refractivity (Wildman–Crippen MR) is 79.2 cm³/mol. The SMILES string of the molecule is C[C@@H]1CC(CNC(=O)NCc2c(F)cc(F)c(F)c2F)C[C@H](C)O1. The molecular weight excluding hydrogens is 328 g/mol. The maximum Gasteiger partial charge on any atom is 0.315 e. The molecule has 1 aromatic carbocycles. The highest BCUT2D eigenvalue weighted by Crippen LogP contribution is 2.24. The molecule has 0 aromatic heterocycles. The van der Waals surface area contributed by atoms with E-state index in [1.165, 1.54) is 0 Å². The van der Waals surface area contributed by atoms with Crippen LogP contribution < -0.4 is 10.6 Å². The summed E-state index contributed by atoms with van der Waals surface area (Å²) in [4.78, 5) is 11.7. The summed E-state index contributed by atoms with van der Waals surface area (Å²) in [6.45, 7) is 3.72. The number of nitrogens with one attached hydrogen (secondary N) is 2. The molecule has 0 bridgehead atoms. The van der Waals surface area contributed by atoms with Gasteiger partial charge < -0.3 is 15.4 Å². The third-order valence-electron chi connectivity index (χ3n) is 3.98. The van der Waals surface area contributed by atoms with Crippen LogP contribution in [0.2, 0.25) is 0 Å². The maximum atomic E-state index is 13.5. The van der Waals surface area contributed by atoms with Crippen molar-refractivity contribution in [2.75, 3.05) is 6.54 Å². The van der Waals surface area contributed by atoms with Gasteiger partial charge in [-0.25, -0.2) is 22.4 Å². The smallest absolute Gasteiger partial charge is 0.315 e. The molecule has 0 saturated carbocycles. The van der Waals surface area contributed by atoms with Gasteiger partial charge in [0.05, 0.1) is 18.8 Å². The van der Waals surface area contributed by atoms with Crippen LogP contribution in [0.4, 0.5) is 22.4 Å². The summed E-state index contributed by atoms with van der Waals surface area (Å²) >= 11 is 0. The van der Waals surface area contributed by atoms with Crippen LogP contribution in [0.1, 0.15) is 32.3 Å². The molecule has 4 nitrogen and oxygen atoms in total. The summed E-state index contributed by atoms with van der Waals surface area (Å²) in [5, 5.41) is 4.85. The molecule has 8 heteroatoms. The Hall–Kier alpha value is -1.83. The molecule has 134 valence electrons. The zero-order chi connectivity index (χ0) is 17.9. The van der Waals surface area contributed by atoms with Crippen LogP contribution in [0.15, 0.2) is 6.07 Å². The first kappa shape index (κ1) is 18.5. The van der Waals surface area contributed by atoms with Gasteiger partial charge in [0, 0.05) is 18.2 Å². The summed E-state index contributed by atoms with van der Waals surface area (Å²) in [6.07, 6.45) is 1.82. The molecule has 0 aliphatic carbocycles. The molecular formula is C16H20F4N2O2. The number of hydrogen-bond donors (Lipinski definition) is 2. The highest BCUT2D eigenvalue weighted by Gasteiger charge is 2.25. The van der Waals surface area contributed by atoms with E-state index in [0.717, 1.165) is 12.8 Å². The summed E-state index contributed by atoms with van der Waals surface area (Å²) < 4.78 is 58.5. The largest absolute Gasteiger partial charge is 0.376 e. The molecule has 24 heavy (non-hydrogen) atoms. The average molecular weight is 348 g/mol. The zero-order valence-electron chi connectivity index (χ0n) is 13.5. The van der Waals surface area contributed by atoms with Crippen molar-refractivity contribution < 1.29 is 27.1 Å². The Bertz CT molecular complexity index is 602. The number of urea groups is 1. The van der Waals surface area contributed by atoms with Crippen LogP contribution in [-0.2, 0) is 11.3 Å². The predicted octanol–water partition coefficient (Wildman–Crippen LogP) is 3.25. The van der Waals surface area contributed by atoms with Crippen LogP contribution in [-0.4, -0.2) is 24.8 Å². The molecule has 2 N–H and O–H groups in total. The summed E-state index contributed by atoms with van der Waals surface area (Å²) in [7, 11) is 0. The molecule has 1 aromatic rings. The number of hydrogen-bond acceptors (Lipinski definition) is 2. The molecule has 2 rings (SSSR count). The van der Waals surface area contributed by atoms with E-state index in [0.29, 0.717) is 6.54 Å². The monoisotopic (exact) mass is 348 g/mol. The van der Waals surface area contributed by atoms with Crippen molar-refractivity contribution in [1.82, 2.24) is 10.6 Å². The number of rotatable bonds is 4. The number of carbonyl (C=O) groups excluding carboxylic acids is 1. The van der Waals surface area contributed by atoms with E-state index in [-0.39, 0.29) is 24.2 Å². The van der Waals surface area contributed by atoms with E-state index in [1.54, 1.807) is 0 Å². The topological polar surface area (TPSA) is 50.4 Å². The van der Waals surface area contributed by atoms with Gasteiger partial charge in [-0.15, -0.1) is 0 Å². The quantitative estimate of drug-likeness (QED) is 0.499. The van der Waals surface area contributed by atoms with Crippen LogP contribution >= 0.6 is 0 Å². The highest BCUT2D eigenvalue weighted by molar-refractivity contribution is 5.73. The molecule has 3 atom stereocenters. The third kappa shape index (κ3) is 4.59. The van der Waals surface area contributed by atoms with Gasteiger partial charge >= 0.3 is 6.03 Å². The van der Waals surface area contributed by atoms with E-state index >= 15 is 0 Å². The maximum absolute atomic E-state index is 13.5. The lowest BCUT2D eigenvalue weighted by Crippen LogP contribution is -2.41. The van der Waals surface area contributed by atoms with Crippen LogP contribution in [0, 0.1) is 29.2 Å². The Morgan fingerprint density at radius 2 is 1.71 bits per heavy atom. The molecule has 2 amide bonds. The van der Waals surface area contributed by atoms with Crippen molar-refractivity contribution in [3.05, 3.63) is 34.9 Å². The highest BCUT2D eigenvalue weighted by atomic mass is 19.2. The van der Waals surface area contributed by atoms with Crippen molar-refractivity contribution in [2.45, 2.75) is 45.4 Å². The number of ether oxygens (including phenoxy) is 1. The molecule has 0 radical (unpaired) electrons. The Balaban J connectivity index is 1.85. The van der Waals surface area contributed by atoms with Crippen LogP contribution in [0.25, 0.3) is 0 Å². The molecule has 1 fully saturated rings. The first-order valence-electron chi connectivity index (χ1n) is 7.77.